The summed E-state index contributed by atoms with van der Waals surface area (Å²) in [5, 5.41) is 9.96. The highest BCUT2D eigenvalue weighted by atomic mass is 16.5. The number of nitrogens with zero attached hydrogens (tertiary/aromatic N) is 4. The molecular formula is C5H8N4O. The maximum absolute atomic E-state index is 9.01. The monoisotopic (exact) mass is 140 g/mol. The van der Waals surface area contributed by atoms with Gasteiger partial charge in [0.25, 0.3) is 5.95 Å². The molecule has 0 radical (unpaired) electrons. The molecule has 1 N–H and O–H groups in total. The minimum absolute atomic E-state index is 0.275. The van der Waals surface area contributed by atoms with Gasteiger partial charge in [0.1, 0.15) is 12.7 Å². The molecule has 54 valence electrons. The Morgan fingerprint density at radius 2 is 2.10 bits per heavy atom. The van der Waals surface area contributed by atoms with Crippen molar-refractivity contribution in [3.8, 4) is 0 Å². The summed E-state index contributed by atoms with van der Waals surface area (Å²) in [6.07, 6.45) is 2.67. The highest BCUT2D eigenvalue weighted by Crippen LogP contribution is 1.97. The van der Waals surface area contributed by atoms with Crippen molar-refractivity contribution in [1.29, 1.82) is 0 Å². The van der Waals surface area contributed by atoms with Gasteiger partial charge in [0.05, 0.1) is 0 Å². The second-order valence-corrected chi connectivity index (χ2v) is 1.65. The van der Waals surface area contributed by atoms with E-state index in [9.17, 15) is 0 Å². The Balaban J connectivity index is 2.75. The van der Waals surface area contributed by atoms with E-state index < -0.39 is 0 Å². The van der Waals surface area contributed by atoms with Gasteiger partial charge in [-0.05, 0) is 6.92 Å². The van der Waals surface area contributed by atoms with E-state index in [0.29, 0.717) is 6.54 Å². The minimum atomic E-state index is 0.275. The second kappa shape index (κ2) is 3.07. The van der Waals surface area contributed by atoms with Crippen LogP contribution in [-0.2, 0) is 0 Å². The summed E-state index contributed by atoms with van der Waals surface area (Å²) in [7, 11) is 0. The Kier molecular flexibility index (Phi) is 2.11. The molecule has 1 heterocycles. The molecule has 0 aliphatic heterocycles. The van der Waals surface area contributed by atoms with Crippen molar-refractivity contribution in [2.75, 3.05) is 11.6 Å². The topological polar surface area (TPSA) is 62.1 Å². The summed E-state index contributed by atoms with van der Waals surface area (Å²) < 4.78 is 0. The van der Waals surface area contributed by atoms with Gasteiger partial charge in [-0.3, -0.25) is 5.21 Å². The number of hydroxylamine groups is 1. The zero-order valence-corrected chi connectivity index (χ0v) is 5.60. The van der Waals surface area contributed by atoms with Crippen LogP contribution in [0.1, 0.15) is 6.92 Å². The van der Waals surface area contributed by atoms with Crippen LogP contribution in [-0.4, -0.2) is 26.7 Å². The molecule has 0 unspecified atom stereocenters. The molecule has 0 aliphatic rings. The van der Waals surface area contributed by atoms with Crippen LogP contribution in [0, 0.1) is 0 Å². The molecule has 0 atom stereocenters. The molecular weight excluding hydrogens is 132 g/mol. The van der Waals surface area contributed by atoms with Gasteiger partial charge < -0.3 is 0 Å². The van der Waals surface area contributed by atoms with Crippen LogP contribution in [0.5, 0.6) is 0 Å². The third kappa shape index (κ3) is 1.38. The van der Waals surface area contributed by atoms with Crippen LogP contribution < -0.4 is 5.06 Å². The Hall–Kier alpha value is -1.23. The fourth-order valence-electron chi connectivity index (χ4n) is 0.508. The molecule has 1 aromatic heterocycles. The number of aromatic nitrogens is 3. The molecule has 1 aromatic rings. The van der Waals surface area contributed by atoms with E-state index in [-0.39, 0.29) is 5.95 Å². The molecule has 0 bridgehead atoms. The summed E-state index contributed by atoms with van der Waals surface area (Å²) >= 11 is 0. The molecule has 5 heteroatoms. The molecule has 0 aliphatic carbocycles. The quantitative estimate of drug-likeness (QED) is 0.590. The van der Waals surface area contributed by atoms with Crippen molar-refractivity contribution in [1.82, 2.24) is 15.0 Å². The van der Waals surface area contributed by atoms with E-state index in [2.05, 4.69) is 15.0 Å². The molecule has 10 heavy (non-hydrogen) atoms. The van der Waals surface area contributed by atoms with Gasteiger partial charge in [-0.15, -0.1) is 0 Å². The summed E-state index contributed by atoms with van der Waals surface area (Å²) in [4.78, 5) is 11.0. The van der Waals surface area contributed by atoms with Gasteiger partial charge in [0, 0.05) is 6.54 Å². The van der Waals surface area contributed by atoms with Gasteiger partial charge in [-0.2, -0.15) is 9.97 Å². The van der Waals surface area contributed by atoms with Crippen molar-refractivity contribution < 1.29 is 5.21 Å². The van der Waals surface area contributed by atoms with Crippen molar-refractivity contribution in [3.63, 3.8) is 0 Å². The normalized spacial score (nSPS) is 9.40. The lowest BCUT2D eigenvalue weighted by Crippen LogP contribution is -2.19. The smallest absolute Gasteiger partial charge is 0.252 e. The van der Waals surface area contributed by atoms with Crippen LogP contribution in [0.4, 0.5) is 5.95 Å². The Bertz CT molecular complexity index is 190. The standard InChI is InChI=1S/C5H8N4O/c1-2-9(10)5-7-3-6-4-8-5/h3-4,10H,2H2,1H3. The zero-order valence-electron chi connectivity index (χ0n) is 5.60. The van der Waals surface area contributed by atoms with Crippen molar-refractivity contribution in [3.05, 3.63) is 12.7 Å². The predicted molar refractivity (Wildman–Crippen MR) is 34.6 cm³/mol. The minimum Gasteiger partial charge on any atom is -0.286 e. The number of anilines is 1. The van der Waals surface area contributed by atoms with Gasteiger partial charge in [0.2, 0.25) is 0 Å². The molecule has 0 amide bonds. The third-order valence-corrected chi connectivity index (χ3v) is 1.01. The van der Waals surface area contributed by atoms with E-state index in [4.69, 9.17) is 5.21 Å². The maximum Gasteiger partial charge on any atom is 0.252 e. The Labute approximate surface area is 58.3 Å². The summed E-state index contributed by atoms with van der Waals surface area (Å²) in [5.74, 6) is 0.275. The van der Waals surface area contributed by atoms with Gasteiger partial charge in [-0.25, -0.2) is 10.0 Å². The van der Waals surface area contributed by atoms with Crippen LogP contribution in [0.15, 0.2) is 12.7 Å². The number of rotatable bonds is 2. The first-order chi connectivity index (χ1) is 4.84. The summed E-state index contributed by atoms with van der Waals surface area (Å²) in [5.41, 5.74) is 0. The van der Waals surface area contributed by atoms with E-state index in [1.165, 1.54) is 12.7 Å². The van der Waals surface area contributed by atoms with E-state index in [0.717, 1.165) is 5.06 Å². The lowest BCUT2D eigenvalue weighted by Gasteiger charge is -2.09. The van der Waals surface area contributed by atoms with Gasteiger partial charge in [0.15, 0.2) is 0 Å². The van der Waals surface area contributed by atoms with Crippen molar-refractivity contribution >= 4 is 5.95 Å². The van der Waals surface area contributed by atoms with Crippen LogP contribution in [0.25, 0.3) is 0 Å². The summed E-state index contributed by atoms with van der Waals surface area (Å²) in [6, 6.07) is 0. The molecule has 5 nitrogen and oxygen atoms in total. The van der Waals surface area contributed by atoms with Crippen LogP contribution in [0.2, 0.25) is 0 Å². The van der Waals surface area contributed by atoms with E-state index >= 15 is 0 Å². The fourth-order valence-corrected chi connectivity index (χ4v) is 0.508. The van der Waals surface area contributed by atoms with Crippen molar-refractivity contribution in [2.24, 2.45) is 0 Å². The molecule has 0 saturated carbocycles. The largest absolute Gasteiger partial charge is 0.286 e. The first kappa shape index (κ1) is 6.88. The average Bonchev–Trinajstić information content (AvgIpc) is 2.05. The van der Waals surface area contributed by atoms with Crippen LogP contribution >= 0.6 is 0 Å². The zero-order chi connectivity index (χ0) is 7.40. The molecule has 1 rings (SSSR count). The number of hydrogen-bond acceptors (Lipinski definition) is 5. The second-order valence-electron chi connectivity index (χ2n) is 1.65. The predicted octanol–water partition coefficient (Wildman–Crippen LogP) is 0.0871. The van der Waals surface area contributed by atoms with Gasteiger partial charge in [-0.1, -0.05) is 0 Å². The Morgan fingerprint density at radius 3 is 2.60 bits per heavy atom. The first-order valence-electron chi connectivity index (χ1n) is 2.93. The highest BCUT2D eigenvalue weighted by molar-refractivity contribution is 5.20. The molecule has 0 saturated heterocycles. The SMILES string of the molecule is CCN(O)c1ncncn1. The molecule has 0 aromatic carbocycles. The van der Waals surface area contributed by atoms with Crippen LogP contribution in [0.3, 0.4) is 0 Å². The lowest BCUT2D eigenvalue weighted by molar-refractivity contribution is 0.253. The van der Waals surface area contributed by atoms with E-state index in [1.54, 1.807) is 6.92 Å². The number of hydrogen-bond donors (Lipinski definition) is 1. The highest BCUT2D eigenvalue weighted by Gasteiger charge is 1.99. The van der Waals surface area contributed by atoms with Gasteiger partial charge >= 0.3 is 0 Å². The maximum atomic E-state index is 9.01. The van der Waals surface area contributed by atoms with E-state index in [1.807, 2.05) is 0 Å². The fraction of sp³-hybridized carbons (Fsp3) is 0.400. The average molecular weight is 140 g/mol. The summed E-state index contributed by atoms with van der Waals surface area (Å²) in [6.45, 7) is 2.26. The Morgan fingerprint density at radius 1 is 1.50 bits per heavy atom. The molecule has 0 fully saturated rings. The molecule has 0 spiro atoms. The lowest BCUT2D eigenvalue weighted by atomic mass is 10.7. The first-order valence-corrected chi connectivity index (χ1v) is 2.93. The van der Waals surface area contributed by atoms with Crippen molar-refractivity contribution in [2.45, 2.75) is 6.92 Å². The third-order valence-electron chi connectivity index (χ3n) is 1.01.